The summed E-state index contributed by atoms with van der Waals surface area (Å²) in [6, 6.07) is 16.7. The van der Waals surface area contributed by atoms with E-state index in [1.807, 2.05) is 37.3 Å². The molecule has 0 fully saturated rings. The monoisotopic (exact) mass is 342 g/mol. The SMILES string of the molecule is C=CC/C(=C\OCCc1ccccc1)S(=O)(=O)c1ccc(C)cc1. The molecule has 0 N–H and O–H groups in total. The zero-order valence-corrected chi connectivity index (χ0v) is 14.6. The summed E-state index contributed by atoms with van der Waals surface area (Å²) in [7, 11) is -3.56. The van der Waals surface area contributed by atoms with Gasteiger partial charge in [0.15, 0.2) is 0 Å². The predicted molar refractivity (Wildman–Crippen MR) is 97.4 cm³/mol. The van der Waals surface area contributed by atoms with E-state index in [0.29, 0.717) is 6.61 Å². The summed E-state index contributed by atoms with van der Waals surface area (Å²) in [5.74, 6) is 0. The molecule has 0 saturated heterocycles. The van der Waals surface area contributed by atoms with Crippen LogP contribution in [0.4, 0.5) is 0 Å². The van der Waals surface area contributed by atoms with Crippen LogP contribution in [0.5, 0.6) is 0 Å². The standard InChI is InChI=1S/C20H22O3S/c1-3-7-20(16-23-15-14-18-8-5-4-6-9-18)24(21,22)19-12-10-17(2)11-13-19/h3-6,8-13,16H,1,7,14-15H2,2H3/b20-16+. The normalized spacial score (nSPS) is 12.0. The fourth-order valence-electron chi connectivity index (χ4n) is 2.21. The highest BCUT2D eigenvalue weighted by molar-refractivity contribution is 7.95. The summed E-state index contributed by atoms with van der Waals surface area (Å²) < 4.78 is 30.9. The first-order valence-electron chi connectivity index (χ1n) is 7.81. The summed E-state index contributed by atoms with van der Waals surface area (Å²) in [5.41, 5.74) is 2.17. The molecule has 0 amide bonds. The van der Waals surface area contributed by atoms with Gasteiger partial charge in [-0.2, -0.15) is 0 Å². The minimum absolute atomic E-state index is 0.217. The molecule has 0 heterocycles. The Morgan fingerprint density at radius 1 is 1.08 bits per heavy atom. The van der Waals surface area contributed by atoms with Crippen LogP contribution in [0.3, 0.4) is 0 Å². The van der Waals surface area contributed by atoms with E-state index in [4.69, 9.17) is 4.74 Å². The molecule has 0 aromatic heterocycles. The lowest BCUT2D eigenvalue weighted by Crippen LogP contribution is -2.06. The van der Waals surface area contributed by atoms with E-state index in [-0.39, 0.29) is 16.2 Å². The summed E-state index contributed by atoms with van der Waals surface area (Å²) in [6.45, 7) is 5.98. The minimum atomic E-state index is -3.56. The number of sulfone groups is 1. The van der Waals surface area contributed by atoms with Crippen LogP contribution in [0, 0.1) is 6.92 Å². The number of rotatable bonds is 8. The highest BCUT2D eigenvalue weighted by Gasteiger charge is 2.20. The first kappa shape index (κ1) is 18.0. The number of aryl methyl sites for hydroxylation is 1. The average Bonchev–Trinajstić information content (AvgIpc) is 2.59. The van der Waals surface area contributed by atoms with Gasteiger partial charge in [-0.05, 0) is 24.6 Å². The minimum Gasteiger partial charge on any atom is -0.500 e. The van der Waals surface area contributed by atoms with E-state index in [0.717, 1.165) is 17.5 Å². The first-order chi connectivity index (χ1) is 11.5. The van der Waals surface area contributed by atoms with E-state index in [9.17, 15) is 8.42 Å². The lowest BCUT2D eigenvalue weighted by Gasteiger charge is -2.09. The molecule has 0 bridgehead atoms. The van der Waals surface area contributed by atoms with Crippen LogP contribution in [0.15, 0.2) is 83.3 Å². The van der Waals surface area contributed by atoms with Crippen molar-refractivity contribution in [3.05, 3.63) is 89.5 Å². The Bertz CT molecular complexity index is 789. The quantitative estimate of drug-likeness (QED) is 0.404. The Morgan fingerprint density at radius 3 is 2.38 bits per heavy atom. The summed E-state index contributed by atoms with van der Waals surface area (Å²) in [4.78, 5) is 0.488. The van der Waals surface area contributed by atoms with Gasteiger partial charge < -0.3 is 4.74 Å². The van der Waals surface area contributed by atoms with E-state index in [1.165, 1.54) is 6.26 Å². The molecule has 0 radical (unpaired) electrons. The van der Waals surface area contributed by atoms with Gasteiger partial charge in [-0.25, -0.2) is 8.42 Å². The zero-order chi connectivity index (χ0) is 17.4. The second kappa shape index (κ2) is 8.50. The summed E-state index contributed by atoms with van der Waals surface area (Å²) in [6.07, 6.45) is 3.88. The molecular weight excluding hydrogens is 320 g/mol. The molecule has 0 aliphatic carbocycles. The summed E-state index contributed by atoms with van der Waals surface area (Å²) >= 11 is 0. The molecule has 3 nitrogen and oxygen atoms in total. The van der Waals surface area contributed by atoms with Crippen molar-refractivity contribution in [2.75, 3.05) is 6.61 Å². The van der Waals surface area contributed by atoms with E-state index in [2.05, 4.69) is 6.58 Å². The molecule has 0 atom stereocenters. The molecule has 4 heteroatoms. The van der Waals surface area contributed by atoms with E-state index < -0.39 is 9.84 Å². The van der Waals surface area contributed by atoms with Crippen molar-refractivity contribution in [2.24, 2.45) is 0 Å². The van der Waals surface area contributed by atoms with Crippen LogP contribution in [0.25, 0.3) is 0 Å². The Kier molecular flexibility index (Phi) is 6.38. The van der Waals surface area contributed by atoms with E-state index in [1.54, 1.807) is 30.3 Å². The Hall–Kier alpha value is -2.33. The van der Waals surface area contributed by atoms with E-state index >= 15 is 0 Å². The first-order valence-corrected chi connectivity index (χ1v) is 9.29. The highest BCUT2D eigenvalue weighted by Crippen LogP contribution is 2.22. The molecule has 2 aromatic carbocycles. The van der Waals surface area contributed by atoms with Gasteiger partial charge in [0.2, 0.25) is 9.84 Å². The van der Waals surface area contributed by atoms with Crippen LogP contribution in [0.1, 0.15) is 17.5 Å². The van der Waals surface area contributed by atoms with Crippen LogP contribution >= 0.6 is 0 Å². The molecule has 2 aromatic rings. The third-order valence-corrected chi connectivity index (χ3v) is 5.43. The molecule has 0 aliphatic rings. The Balaban J connectivity index is 2.09. The smallest absolute Gasteiger partial charge is 0.206 e. The molecule has 126 valence electrons. The van der Waals surface area contributed by atoms with Crippen molar-refractivity contribution in [3.8, 4) is 0 Å². The number of ether oxygens (including phenoxy) is 1. The highest BCUT2D eigenvalue weighted by atomic mass is 32.2. The molecular formula is C20H22O3S. The van der Waals surface area contributed by atoms with Crippen molar-refractivity contribution in [1.29, 1.82) is 0 Å². The fraction of sp³-hybridized carbons (Fsp3) is 0.200. The summed E-state index contributed by atoms with van der Waals surface area (Å²) in [5, 5.41) is 0. The van der Waals surface area contributed by atoms with Crippen molar-refractivity contribution < 1.29 is 13.2 Å². The van der Waals surface area contributed by atoms with Gasteiger partial charge in [0.25, 0.3) is 0 Å². The number of hydrogen-bond donors (Lipinski definition) is 0. The van der Waals surface area contributed by atoms with Crippen LogP contribution in [0.2, 0.25) is 0 Å². The molecule has 0 spiro atoms. The lowest BCUT2D eigenvalue weighted by atomic mass is 10.2. The van der Waals surface area contributed by atoms with Gasteiger partial charge in [0.1, 0.15) is 0 Å². The second-order valence-electron chi connectivity index (χ2n) is 5.50. The molecule has 24 heavy (non-hydrogen) atoms. The second-order valence-corrected chi connectivity index (χ2v) is 7.50. The van der Waals surface area contributed by atoms with Gasteiger partial charge in [0.05, 0.1) is 22.7 Å². The number of benzene rings is 2. The van der Waals surface area contributed by atoms with Gasteiger partial charge >= 0.3 is 0 Å². The van der Waals surface area contributed by atoms with Crippen molar-refractivity contribution >= 4 is 9.84 Å². The predicted octanol–water partition coefficient (Wildman–Crippen LogP) is 4.45. The Morgan fingerprint density at radius 2 is 1.75 bits per heavy atom. The maximum Gasteiger partial charge on any atom is 0.206 e. The third-order valence-electron chi connectivity index (χ3n) is 3.59. The lowest BCUT2D eigenvalue weighted by molar-refractivity contribution is 0.252. The van der Waals surface area contributed by atoms with Crippen LogP contribution in [-0.2, 0) is 21.0 Å². The van der Waals surface area contributed by atoms with Gasteiger partial charge in [0, 0.05) is 12.8 Å². The van der Waals surface area contributed by atoms with Crippen molar-refractivity contribution in [2.45, 2.75) is 24.7 Å². The number of allylic oxidation sites excluding steroid dienone is 2. The molecule has 0 unspecified atom stereocenters. The zero-order valence-electron chi connectivity index (χ0n) is 13.8. The largest absolute Gasteiger partial charge is 0.500 e. The van der Waals surface area contributed by atoms with Crippen molar-refractivity contribution in [3.63, 3.8) is 0 Å². The third kappa shape index (κ3) is 4.83. The molecule has 0 aliphatic heterocycles. The maximum atomic E-state index is 12.7. The Labute approximate surface area is 144 Å². The average molecular weight is 342 g/mol. The van der Waals surface area contributed by atoms with Crippen LogP contribution in [-0.4, -0.2) is 15.0 Å². The number of hydrogen-bond acceptors (Lipinski definition) is 3. The fourth-order valence-corrected chi connectivity index (χ4v) is 3.53. The molecule has 0 saturated carbocycles. The molecule has 2 rings (SSSR count). The van der Waals surface area contributed by atoms with Gasteiger partial charge in [-0.1, -0.05) is 54.1 Å². The van der Waals surface area contributed by atoms with Crippen LogP contribution < -0.4 is 0 Å². The van der Waals surface area contributed by atoms with Gasteiger partial charge in [-0.3, -0.25) is 0 Å². The topological polar surface area (TPSA) is 43.4 Å². The maximum absolute atomic E-state index is 12.7. The van der Waals surface area contributed by atoms with Crippen molar-refractivity contribution in [1.82, 2.24) is 0 Å². The van der Waals surface area contributed by atoms with Gasteiger partial charge in [-0.15, -0.1) is 6.58 Å².